The van der Waals surface area contributed by atoms with Crippen LogP contribution in [0.15, 0.2) is 59.7 Å². The first-order chi connectivity index (χ1) is 15.1. The highest BCUT2D eigenvalue weighted by Crippen LogP contribution is 2.49. The summed E-state index contributed by atoms with van der Waals surface area (Å²) < 4.78 is 0. The van der Waals surface area contributed by atoms with Gasteiger partial charge in [0, 0.05) is 11.8 Å². The van der Waals surface area contributed by atoms with Gasteiger partial charge in [-0.15, -0.1) is 0 Å². The molecule has 2 atom stereocenters. The molecule has 0 bridgehead atoms. The average molecular weight is 421 g/mol. The van der Waals surface area contributed by atoms with E-state index in [9.17, 15) is 0 Å². The number of hydrogen-bond donors (Lipinski definition) is 0. The van der Waals surface area contributed by atoms with Crippen LogP contribution in [-0.2, 0) is 0 Å². The number of hydrogen-bond acceptors (Lipinski definition) is 0. The van der Waals surface area contributed by atoms with Crippen molar-refractivity contribution in [3.05, 3.63) is 81.9 Å². The van der Waals surface area contributed by atoms with Crippen molar-refractivity contribution in [2.24, 2.45) is 0 Å². The summed E-state index contributed by atoms with van der Waals surface area (Å²) in [7, 11) is 0. The minimum absolute atomic E-state index is 0.552. The SMILES string of the molecule is CC.CC.CC.CC.CC1=C(CC2=C(C)C(C)c3ccccc32)c2ccccc2C1C. The lowest BCUT2D eigenvalue weighted by molar-refractivity contribution is 0.916. The Bertz CT molecular complexity index is 776. The monoisotopic (exact) mass is 420 g/mol. The van der Waals surface area contributed by atoms with Crippen molar-refractivity contribution in [2.45, 2.75) is 101 Å². The van der Waals surface area contributed by atoms with Crippen LogP contribution in [0.4, 0.5) is 0 Å². The van der Waals surface area contributed by atoms with E-state index in [1.807, 2.05) is 55.4 Å². The highest BCUT2D eigenvalue weighted by Gasteiger charge is 2.30. The average Bonchev–Trinajstić information content (AvgIpc) is 3.25. The summed E-state index contributed by atoms with van der Waals surface area (Å²) in [6.45, 7) is 25.3. The third-order valence-corrected chi connectivity index (χ3v) is 6.11. The standard InChI is InChI=1S/C23H24.4C2H6/c1-14-16(3)22(20-11-7-5-9-18(14)20)13-23-17(4)15(2)19-10-6-8-12-21(19)23;4*1-2/h5-12,14-15H,13H2,1-4H3;4*1-2H3. The van der Waals surface area contributed by atoms with E-state index in [4.69, 9.17) is 0 Å². The predicted molar refractivity (Wildman–Crippen MR) is 145 cm³/mol. The Labute approximate surface area is 194 Å². The fraction of sp³-hybridized carbons (Fsp3) is 0.484. The molecule has 0 aliphatic heterocycles. The molecule has 0 heterocycles. The summed E-state index contributed by atoms with van der Waals surface area (Å²) in [5, 5.41) is 0. The molecule has 0 nitrogen and oxygen atoms in total. The molecule has 0 spiro atoms. The van der Waals surface area contributed by atoms with E-state index in [0.717, 1.165) is 6.42 Å². The van der Waals surface area contributed by atoms with Crippen molar-refractivity contribution in [3.63, 3.8) is 0 Å². The summed E-state index contributed by atoms with van der Waals surface area (Å²) in [5.41, 5.74) is 12.1. The Morgan fingerprint density at radius 2 is 0.806 bits per heavy atom. The van der Waals surface area contributed by atoms with E-state index in [0.29, 0.717) is 11.8 Å². The van der Waals surface area contributed by atoms with Gasteiger partial charge >= 0.3 is 0 Å². The zero-order valence-electron chi connectivity index (χ0n) is 22.5. The van der Waals surface area contributed by atoms with Crippen LogP contribution in [0.5, 0.6) is 0 Å². The predicted octanol–water partition coefficient (Wildman–Crippen LogP) is 10.7. The molecule has 2 unspecified atom stereocenters. The summed E-state index contributed by atoms with van der Waals surface area (Å²) >= 11 is 0. The van der Waals surface area contributed by atoms with Gasteiger partial charge in [0.2, 0.25) is 0 Å². The number of allylic oxidation sites excluding steroid dienone is 4. The van der Waals surface area contributed by atoms with Gasteiger partial charge in [-0.3, -0.25) is 0 Å². The second-order valence-corrected chi connectivity index (χ2v) is 7.12. The highest BCUT2D eigenvalue weighted by molar-refractivity contribution is 5.89. The summed E-state index contributed by atoms with van der Waals surface area (Å²) in [6.07, 6.45) is 1.07. The van der Waals surface area contributed by atoms with Crippen LogP contribution in [0.25, 0.3) is 11.1 Å². The number of benzene rings is 2. The Morgan fingerprint density at radius 1 is 0.516 bits per heavy atom. The quantitative estimate of drug-likeness (QED) is 0.453. The molecule has 0 N–H and O–H groups in total. The minimum atomic E-state index is 0.552. The molecule has 0 saturated heterocycles. The van der Waals surface area contributed by atoms with E-state index in [2.05, 4.69) is 76.2 Å². The maximum absolute atomic E-state index is 2.34. The van der Waals surface area contributed by atoms with Gasteiger partial charge in [0.1, 0.15) is 0 Å². The summed E-state index contributed by atoms with van der Waals surface area (Å²) in [5.74, 6) is 1.10. The smallest absolute Gasteiger partial charge is 0.00292 e. The lowest BCUT2D eigenvalue weighted by Crippen LogP contribution is -1.89. The highest BCUT2D eigenvalue weighted by atomic mass is 14.3. The number of fused-ring (bicyclic) bond motifs is 2. The second kappa shape index (κ2) is 14.8. The van der Waals surface area contributed by atoms with E-state index < -0.39 is 0 Å². The molecule has 0 radical (unpaired) electrons. The van der Waals surface area contributed by atoms with E-state index >= 15 is 0 Å². The van der Waals surface area contributed by atoms with E-state index in [1.165, 1.54) is 22.3 Å². The first-order valence-corrected chi connectivity index (χ1v) is 12.7. The Kier molecular flexibility index (Phi) is 13.8. The van der Waals surface area contributed by atoms with Crippen molar-refractivity contribution in [1.82, 2.24) is 0 Å². The first kappa shape index (κ1) is 28.9. The van der Waals surface area contributed by atoms with Crippen molar-refractivity contribution in [2.75, 3.05) is 0 Å². The molecule has 0 amide bonds. The molecule has 0 aromatic heterocycles. The molecule has 31 heavy (non-hydrogen) atoms. The van der Waals surface area contributed by atoms with Crippen LogP contribution in [0.1, 0.15) is 124 Å². The van der Waals surface area contributed by atoms with Gasteiger partial charge in [-0.2, -0.15) is 0 Å². The van der Waals surface area contributed by atoms with Crippen LogP contribution >= 0.6 is 0 Å². The summed E-state index contributed by atoms with van der Waals surface area (Å²) in [4.78, 5) is 0. The largest absolute Gasteiger partial charge is 0.0683 e. The van der Waals surface area contributed by atoms with Gasteiger partial charge in [0.05, 0.1) is 0 Å². The normalized spacial score (nSPS) is 17.5. The maximum Gasteiger partial charge on any atom is 0.00292 e. The third-order valence-electron chi connectivity index (χ3n) is 6.11. The Morgan fingerprint density at radius 3 is 1.13 bits per heavy atom. The fourth-order valence-corrected chi connectivity index (χ4v) is 4.36. The van der Waals surface area contributed by atoms with Crippen LogP contribution in [0.3, 0.4) is 0 Å². The zero-order chi connectivity index (χ0) is 24.1. The van der Waals surface area contributed by atoms with Crippen molar-refractivity contribution in [3.8, 4) is 0 Å². The molecule has 2 aliphatic rings. The maximum atomic E-state index is 2.34. The molecule has 0 heteroatoms. The lowest BCUT2D eigenvalue weighted by Gasteiger charge is -2.11. The molecule has 2 aliphatic carbocycles. The molecule has 2 aromatic rings. The first-order valence-electron chi connectivity index (χ1n) is 12.7. The van der Waals surface area contributed by atoms with Gasteiger partial charge in [-0.05, 0) is 53.7 Å². The molecule has 2 aromatic carbocycles. The molecule has 0 saturated carbocycles. The zero-order valence-corrected chi connectivity index (χ0v) is 22.5. The Hall–Kier alpha value is -2.08. The molecule has 0 fully saturated rings. The van der Waals surface area contributed by atoms with Crippen LogP contribution in [0, 0.1) is 0 Å². The van der Waals surface area contributed by atoms with Gasteiger partial charge in [0.25, 0.3) is 0 Å². The Balaban J connectivity index is 0.00000102. The lowest BCUT2D eigenvalue weighted by atomic mass is 9.93. The van der Waals surface area contributed by atoms with Crippen LogP contribution in [-0.4, -0.2) is 0 Å². The van der Waals surface area contributed by atoms with Crippen LogP contribution in [0.2, 0.25) is 0 Å². The van der Waals surface area contributed by atoms with Gasteiger partial charge in [-0.25, -0.2) is 0 Å². The number of rotatable bonds is 2. The van der Waals surface area contributed by atoms with Gasteiger partial charge in [0.15, 0.2) is 0 Å². The minimum Gasteiger partial charge on any atom is -0.0683 e. The molecular formula is C31H48. The summed E-state index contributed by atoms with van der Waals surface area (Å²) in [6, 6.07) is 17.9. The topological polar surface area (TPSA) is 0 Å². The van der Waals surface area contributed by atoms with Crippen molar-refractivity contribution < 1.29 is 0 Å². The molecular weight excluding hydrogens is 372 g/mol. The van der Waals surface area contributed by atoms with Crippen molar-refractivity contribution in [1.29, 1.82) is 0 Å². The van der Waals surface area contributed by atoms with Gasteiger partial charge in [-0.1, -0.05) is 129 Å². The molecule has 4 rings (SSSR count). The van der Waals surface area contributed by atoms with Crippen LogP contribution < -0.4 is 0 Å². The fourth-order valence-electron chi connectivity index (χ4n) is 4.36. The second-order valence-electron chi connectivity index (χ2n) is 7.12. The molecule has 172 valence electrons. The van der Waals surface area contributed by atoms with E-state index in [1.54, 1.807) is 22.3 Å². The van der Waals surface area contributed by atoms with E-state index in [-0.39, 0.29) is 0 Å². The van der Waals surface area contributed by atoms with Gasteiger partial charge < -0.3 is 0 Å². The van der Waals surface area contributed by atoms with Crippen molar-refractivity contribution >= 4 is 11.1 Å². The third kappa shape index (κ3) is 6.00.